The molecule has 3 rings (SSSR count). The summed E-state index contributed by atoms with van der Waals surface area (Å²) in [6.07, 6.45) is 7.10. The number of nitrogens with one attached hydrogen (secondary N) is 1. The van der Waals surface area contributed by atoms with Gasteiger partial charge in [0.25, 0.3) is 0 Å². The molecule has 6 nitrogen and oxygen atoms in total. The maximum atomic E-state index is 5.44. The Morgan fingerprint density at radius 2 is 2.39 bits per heavy atom. The molecule has 0 spiro atoms. The zero-order chi connectivity index (χ0) is 12.4. The quantitative estimate of drug-likeness (QED) is 0.928. The van der Waals surface area contributed by atoms with E-state index >= 15 is 0 Å². The van der Waals surface area contributed by atoms with Crippen LogP contribution in [0.5, 0.6) is 0 Å². The van der Waals surface area contributed by atoms with Gasteiger partial charge in [-0.1, -0.05) is 5.21 Å². The monoisotopic (exact) mass is 307 g/mol. The topological polar surface area (TPSA) is 64.9 Å². The van der Waals surface area contributed by atoms with Crippen molar-refractivity contribution in [1.82, 2.24) is 25.5 Å². The SMILES string of the molecule is Brc1ccc(C2=CC(Cn3ccnn3)ON2)nc1. The van der Waals surface area contributed by atoms with Gasteiger partial charge in [-0.3, -0.25) is 15.3 Å². The predicted molar refractivity (Wildman–Crippen MR) is 67.9 cm³/mol. The minimum Gasteiger partial charge on any atom is -0.267 e. The van der Waals surface area contributed by atoms with Crippen molar-refractivity contribution in [3.05, 3.63) is 47.0 Å². The van der Waals surface area contributed by atoms with Crippen molar-refractivity contribution in [1.29, 1.82) is 0 Å². The first-order valence-corrected chi connectivity index (χ1v) is 6.20. The number of hydroxylamine groups is 1. The number of pyridine rings is 1. The summed E-state index contributed by atoms with van der Waals surface area (Å²) >= 11 is 3.35. The summed E-state index contributed by atoms with van der Waals surface area (Å²) in [4.78, 5) is 9.74. The van der Waals surface area contributed by atoms with Gasteiger partial charge in [-0.2, -0.15) is 0 Å². The van der Waals surface area contributed by atoms with Crippen LogP contribution < -0.4 is 5.48 Å². The molecule has 2 aromatic rings. The Bertz CT molecular complexity index is 551. The number of rotatable bonds is 3. The highest BCUT2D eigenvalue weighted by Gasteiger charge is 2.18. The van der Waals surface area contributed by atoms with Crippen LogP contribution in [0.4, 0.5) is 0 Å². The van der Waals surface area contributed by atoms with E-state index in [-0.39, 0.29) is 6.10 Å². The largest absolute Gasteiger partial charge is 0.267 e. The molecular weight excluding hydrogens is 298 g/mol. The molecule has 0 saturated carbocycles. The van der Waals surface area contributed by atoms with Crippen molar-refractivity contribution in [3.8, 4) is 0 Å². The van der Waals surface area contributed by atoms with E-state index in [1.54, 1.807) is 23.3 Å². The van der Waals surface area contributed by atoms with Gasteiger partial charge < -0.3 is 0 Å². The van der Waals surface area contributed by atoms with E-state index < -0.39 is 0 Å². The zero-order valence-corrected chi connectivity index (χ0v) is 10.9. The second-order valence-electron chi connectivity index (χ2n) is 3.83. The Labute approximate surface area is 112 Å². The van der Waals surface area contributed by atoms with Gasteiger partial charge in [0.05, 0.1) is 24.1 Å². The second-order valence-corrected chi connectivity index (χ2v) is 4.74. The van der Waals surface area contributed by atoms with E-state index in [2.05, 4.69) is 36.7 Å². The number of hydrogen-bond donors (Lipinski definition) is 1. The first-order chi connectivity index (χ1) is 8.81. The van der Waals surface area contributed by atoms with E-state index in [0.29, 0.717) is 6.54 Å². The molecule has 1 N–H and O–H groups in total. The molecule has 1 atom stereocenters. The van der Waals surface area contributed by atoms with E-state index in [9.17, 15) is 0 Å². The molecule has 0 saturated heterocycles. The average Bonchev–Trinajstić information content (AvgIpc) is 3.02. The Kier molecular flexibility index (Phi) is 3.07. The summed E-state index contributed by atoms with van der Waals surface area (Å²) in [7, 11) is 0. The van der Waals surface area contributed by atoms with Gasteiger partial charge in [-0.05, 0) is 34.1 Å². The van der Waals surface area contributed by atoms with Crippen LogP contribution in [0.15, 0.2) is 41.3 Å². The lowest BCUT2D eigenvalue weighted by Crippen LogP contribution is -2.18. The first-order valence-electron chi connectivity index (χ1n) is 5.41. The normalized spacial score (nSPS) is 18.5. The minimum atomic E-state index is -0.0767. The molecule has 0 fully saturated rings. The van der Waals surface area contributed by atoms with Gasteiger partial charge in [0.15, 0.2) is 0 Å². The number of aromatic nitrogens is 4. The van der Waals surface area contributed by atoms with Crippen LogP contribution in [0.1, 0.15) is 5.69 Å². The molecule has 92 valence electrons. The Morgan fingerprint density at radius 1 is 1.44 bits per heavy atom. The summed E-state index contributed by atoms with van der Waals surface area (Å²) in [5.41, 5.74) is 4.59. The molecule has 0 radical (unpaired) electrons. The molecule has 0 bridgehead atoms. The summed E-state index contributed by atoms with van der Waals surface area (Å²) in [6, 6.07) is 3.86. The van der Waals surface area contributed by atoms with Crippen molar-refractivity contribution in [3.63, 3.8) is 0 Å². The third-order valence-electron chi connectivity index (χ3n) is 2.52. The van der Waals surface area contributed by atoms with Crippen molar-refractivity contribution in [2.45, 2.75) is 12.6 Å². The van der Waals surface area contributed by atoms with Gasteiger partial charge in [0, 0.05) is 16.9 Å². The molecule has 3 heterocycles. The zero-order valence-electron chi connectivity index (χ0n) is 9.32. The summed E-state index contributed by atoms with van der Waals surface area (Å²) in [5, 5.41) is 7.65. The number of halogens is 1. The van der Waals surface area contributed by atoms with E-state index in [1.807, 2.05) is 18.2 Å². The molecule has 7 heteroatoms. The highest BCUT2D eigenvalue weighted by Crippen LogP contribution is 2.18. The van der Waals surface area contributed by atoms with Crippen molar-refractivity contribution >= 4 is 21.6 Å². The molecule has 0 amide bonds. The molecule has 0 aliphatic carbocycles. The van der Waals surface area contributed by atoms with Crippen LogP contribution in [0.3, 0.4) is 0 Å². The average molecular weight is 308 g/mol. The molecule has 1 unspecified atom stereocenters. The lowest BCUT2D eigenvalue weighted by molar-refractivity contribution is 0.0394. The third-order valence-corrected chi connectivity index (χ3v) is 2.98. The van der Waals surface area contributed by atoms with Crippen molar-refractivity contribution in [2.24, 2.45) is 0 Å². The Morgan fingerprint density at radius 3 is 3.11 bits per heavy atom. The maximum absolute atomic E-state index is 5.44. The summed E-state index contributed by atoms with van der Waals surface area (Å²) in [6.45, 7) is 0.618. The molecule has 1 aliphatic rings. The lowest BCUT2D eigenvalue weighted by Gasteiger charge is -2.06. The molecular formula is C11H10BrN5O. The lowest BCUT2D eigenvalue weighted by atomic mass is 10.2. The first kappa shape index (κ1) is 11.4. The predicted octanol–water partition coefficient (Wildman–Crippen LogP) is 1.38. The van der Waals surface area contributed by atoms with E-state index in [1.165, 1.54) is 0 Å². The number of hydrogen-bond acceptors (Lipinski definition) is 5. The standard InChI is InChI=1S/C11H10BrN5O/c12-8-1-2-10(13-6-8)11-5-9(18-15-11)7-17-4-3-14-16-17/h1-6,9,15H,7H2. The minimum absolute atomic E-state index is 0.0767. The van der Waals surface area contributed by atoms with Gasteiger partial charge in [-0.15, -0.1) is 5.10 Å². The smallest absolute Gasteiger partial charge is 0.125 e. The summed E-state index contributed by atoms with van der Waals surface area (Å²) < 4.78 is 2.67. The third kappa shape index (κ3) is 2.41. The Balaban J connectivity index is 1.73. The molecule has 18 heavy (non-hydrogen) atoms. The maximum Gasteiger partial charge on any atom is 0.125 e. The Hall–Kier alpha value is -1.73. The highest BCUT2D eigenvalue weighted by molar-refractivity contribution is 9.10. The second kappa shape index (κ2) is 4.87. The van der Waals surface area contributed by atoms with Crippen LogP contribution in [-0.2, 0) is 11.4 Å². The van der Waals surface area contributed by atoms with Crippen LogP contribution in [0.2, 0.25) is 0 Å². The molecule has 0 aromatic carbocycles. The van der Waals surface area contributed by atoms with Crippen LogP contribution >= 0.6 is 15.9 Å². The van der Waals surface area contributed by atoms with Crippen LogP contribution in [-0.4, -0.2) is 26.1 Å². The highest BCUT2D eigenvalue weighted by atomic mass is 79.9. The van der Waals surface area contributed by atoms with Crippen molar-refractivity contribution in [2.75, 3.05) is 0 Å². The molecule has 1 aliphatic heterocycles. The van der Waals surface area contributed by atoms with E-state index in [0.717, 1.165) is 15.9 Å². The number of nitrogens with zero attached hydrogens (tertiary/aromatic N) is 4. The van der Waals surface area contributed by atoms with Gasteiger partial charge in [-0.25, -0.2) is 4.68 Å². The molecule has 2 aromatic heterocycles. The fraction of sp³-hybridized carbons (Fsp3) is 0.182. The van der Waals surface area contributed by atoms with Gasteiger partial charge in [0.2, 0.25) is 0 Å². The van der Waals surface area contributed by atoms with E-state index in [4.69, 9.17) is 4.84 Å². The fourth-order valence-corrected chi connectivity index (χ4v) is 1.90. The fourth-order valence-electron chi connectivity index (χ4n) is 1.67. The van der Waals surface area contributed by atoms with Crippen LogP contribution in [0.25, 0.3) is 5.70 Å². The summed E-state index contributed by atoms with van der Waals surface area (Å²) in [5.74, 6) is 0. The van der Waals surface area contributed by atoms with Gasteiger partial charge >= 0.3 is 0 Å². The van der Waals surface area contributed by atoms with Gasteiger partial charge in [0.1, 0.15) is 6.10 Å². The van der Waals surface area contributed by atoms with Crippen molar-refractivity contribution < 1.29 is 4.84 Å². The van der Waals surface area contributed by atoms with Crippen LogP contribution in [0, 0.1) is 0 Å².